The van der Waals surface area contributed by atoms with Crippen LogP contribution >= 0.6 is 11.3 Å². The number of nitrogens with one attached hydrogen (secondary N) is 1. The third-order valence-electron chi connectivity index (χ3n) is 2.40. The van der Waals surface area contributed by atoms with Crippen molar-refractivity contribution in [1.29, 1.82) is 0 Å². The second-order valence-corrected chi connectivity index (χ2v) is 5.21. The van der Waals surface area contributed by atoms with Gasteiger partial charge in [-0.25, -0.2) is 4.98 Å². The minimum atomic E-state index is -0.318. The van der Waals surface area contributed by atoms with E-state index in [1.807, 2.05) is 20.8 Å². The van der Waals surface area contributed by atoms with Crippen molar-refractivity contribution in [2.24, 2.45) is 0 Å². The van der Waals surface area contributed by atoms with Gasteiger partial charge in [-0.3, -0.25) is 10.1 Å². The van der Waals surface area contributed by atoms with Gasteiger partial charge in [-0.2, -0.15) is 0 Å². The Bertz CT molecular complexity index is 376. The molecule has 16 heavy (non-hydrogen) atoms. The number of ether oxygens (including phenoxy) is 1. The summed E-state index contributed by atoms with van der Waals surface area (Å²) >= 11 is 1.67. The highest BCUT2D eigenvalue weighted by molar-refractivity contribution is 7.11. The van der Waals surface area contributed by atoms with Crippen molar-refractivity contribution in [3.8, 4) is 0 Å². The van der Waals surface area contributed by atoms with E-state index in [1.165, 1.54) is 12.0 Å². The van der Waals surface area contributed by atoms with Crippen LogP contribution < -0.4 is 5.32 Å². The Morgan fingerprint density at radius 2 is 2.06 bits per heavy atom. The molecule has 2 atom stereocenters. The highest BCUT2D eigenvalue weighted by Crippen LogP contribution is 2.22. The van der Waals surface area contributed by atoms with Gasteiger partial charge in [-0.05, 0) is 27.7 Å². The molecule has 0 amide bonds. The predicted molar refractivity (Wildman–Crippen MR) is 64.6 cm³/mol. The smallest absolute Gasteiger partial charge is 0.322 e. The molecule has 1 N–H and O–H groups in total. The number of nitrogens with zero attached hydrogens (tertiary/aromatic N) is 1. The summed E-state index contributed by atoms with van der Waals surface area (Å²) in [6.45, 7) is 7.82. The first kappa shape index (κ1) is 13.1. The zero-order chi connectivity index (χ0) is 12.3. The number of thiazole rings is 1. The molecule has 0 saturated carbocycles. The van der Waals surface area contributed by atoms with Crippen LogP contribution in [0.1, 0.15) is 35.5 Å². The van der Waals surface area contributed by atoms with Crippen molar-refractivity contribution in [3.05, 3.63) is 15.6 Å². The van der Waals surface area contributed by atoms with Gasteiger partial charge < -0.3 is 4.74 Å². The number of rotatable bonds is 4. The maximum atomic E-state index is 11.3. The van der Waals surface area contributed by atoms with Gasteiger partial charge in [-0.15, -0.1) is 11.3 Å². The average molecular weight is 242 g/mol. The molecule has 0 aliphatic carbocycles. The van der Waals surface area contributed by atoms with Crippen molar-refractivity contribution in [3.63, 3.8) is 0 Å². The number of carbonyl (C=O) groups excluding carboxylic acids is 1. The molecule has 90 valence electrons. The predicted octanol–water partition coefficient (Wildman–Crippen LogP) is 1.97. The Morgan fingerprint density at radius 3 is 2.50 bits per heavy atom. The molecule has 4 nitrogen and oxygen atoms in total. The number of aryl methyl sites for hydroxylation is 2. The fraction of sp³-hybridized carbons (Fsp3) is 0.636. The van der Waals surface area contributed by atoms with Crippen LogP contribution in [0.3, 0.4) is 0 Å². The molecular formula is C11H18N2O2S. The van der Waals surface area contributed by atoms with E-state index in [0.29, 0.717) is 0 Å². The molecule has 0 aliphatic rings. The molecule has 0 saturated heterocycles. The summed E-state index contributed by atoms with van der Waals surface area (Å²) < 4.78 is 4.66. The van der Waals surface area contributed by atoms with Crippen LogP contribution in [0.5, 0.6) is 0 Å². The summed E-state index contributed by atoms with van der Waals surface area (Å²) in [6.07, 6.45) is 0. The lowest BCUT2D eigenvalue weighted by atomic mass is 10.2. The molecule has 0 aliphatic heterocycles. The normalized spacial score (nSPS) is 14.6. The van der Waals surface area contributed by atoms with Crippen molar-refractivity contribution in [2.75, 3.05) is 7.11 Å². The summed E-state index contributed by atoms with van der Waals surface area (Å²) in [6, 6.07) is -0.263. The quantitative estimate of drug-likeness (QED) is 0.820. The molecule has 0 radical (unpaired) electrons. The molecule has 1 aromatic heterocycles. The van der Waals surface area contributed by atoms with E-state index in [0.717, 1.165) is 10.7 Å². The van der Waals surface area contributed by atoms with Crippen LogP contribution in [0.25, 0.3) is 0 Å². The highest BCUT2D eigenvalue weighted by atomic mass is 32.1. The maximum Gasteiger partial charge on any atom is 0.322 e. The third-order valence-corrected chi connectivity index (χ3v) is 3.31. The van der Waals surface area contributed by atoms with E-state index in [1.54, 1.807) is 18.3 Å². The number of methoxy groups -OCH3 is 1. The Balaban J connectivity index is 2.68. The van der Waals surface area contributed by atoms with Gasteiger partial charge in [0, 0.05) is 10.9 Å². The first-order valence-electron chi connectivity index (χ1n) is 5.23. The van der Waals surface area contributed by atoms with Crippen molar-refractivity contribution >= 4 is 17.3 Å². The summed E-state index contributed by atoms with van der Waals surface area (Å²) in [7, 11) is 1.39. The van der Waals surface area contributed by atoms with Gasteiger partial charge in [0.2, 0.25) is 0 Å². The molecule has 5 heteroatoms. The SMILES string of the molecule is COC(=O)[C@H](C)NC(C)c1nc(C)sc1C. The first-order valence-corrected chi connectivity index (χ1v) is 6.05. The van der Waals surface area contributed by atoms with Gasteiger partial charge in [0.05, 0.1) is 17.8 Å². The van der Waals surface area contributed by atoms with Crippen LogP contribution in [-0.4, -0.2) is 24.1 Å². The summed E-state index contributed by atoms with van der Waals surface area (Å²) in [5.41, 5.74) is 1.01. The standard InChI is InChI=1S/C11H18N2O2S/c1-6(12-7(2)11(14)15-5)10-8(3)16-9(4)13-10/h6-7,12H,1-5H3/t6?,7-/m0/s1. The Kier molecular flexibility index (Phi) is 4.44. The molecule has 0 aromatic carbocycles. The van der Waals surface area contributed by atoms with Crippen LogP contribution in [0.15, 0.2) is 0 Å². The topological polar surface area (TPSA) is 51.2 Å². The maximum absolute atomic E-state index is 11.3. The fourth-order valence-corrected chi connectivity index (χ4v) is 2.56. The molecule has 0 fully saturated rings. The van der Waals surface area contributed by atoms with E-state index in [-0.39, 0.29) is 18.1 Å². The molecule has 0 spiro atoms. The van der Waals surface area contributed by atoms with Gasteiger partial charge in [-0.1, -0.05) is 0 Å². The van der Waals surface area contributed by atoms with Gasteiger partial charge >= 0.3 is 5.97 Å². The summed E-state index contributed by atoms with van der Waals surface area (Å²) in [4.78, 5) is 16.9. The number of esters is 1. The highest BCUT2D eigenvalue weighted by Gasteiger charge is 2.19. The van der Waals surface area contributed by atoms with E-state index in [4.69, 9.17) is 0 Å². The minimum absolute atomic E-state index is 0.0547. The molecule has 1 unspecified atom stereocenters. The second-order valence-electron chi connectivity index (χ2n) is 3.81. The summed E-state index contributed by atoms with van der Waals surface area (Å²) in [5, 5.41) is 4.22. The van der Waals surface area contributed by atoms with E-state index >= 15 is 0 Å². The Labute approximate surface area is 100 Å². The van der Waals surface area contributed by atoms with Crippen LogP contribution in [-0.2, 0) is 9.53 Å². The third kappa shape index (κ3) is 3.02. The lowest BCUT2D eigenvalue weighted by molar-refractivity contribution is -0.142. The number of aromatic nitrogens is 1. The minimum Gasteiger partial charge on any atom is -0.468 e. The van der Waals surface area contributed by atoms with Gasteiger partial charge in [0.1, 0.15) is 6.04 Å². The number of hydrogen-bond acceptors (Lipinski definition) is 5. The first-order chi connectivity index (χ1) is 7.45. The van der Waals surface area contributed by atoms with E-state index < -0.39 is 0 Å². The Hall–Kier alpha value is -0.940. The molecule has 1 heterocycles. The average Bonchev–Trinajstić information content (AvgIpc) is 2.56. The van der Waals surface area contributed by atoms with Crippen molar-refractivity contribution in [2.45, 2.75) is 39.8 Å². The monoisotopic (exact) mass is 242 g/mol. The zero-order valence-electron chi connectivity index (χ0n) is 10.3. The van der Waals surface area contributed by atoms with E-state index in [2.05, 4.69) is 15.0 Å². The lowest BCUT2D eigenvalue weighted by Crippen LogP contribution is -2.36. The lowest BCUT2D eigenvalue weighted by Gasteiger charge is -2.17. The molecule has 1 rings (SSSR count). The fourth-order valence-electron chi connectivity index (χ4n) is 1.65. The van der Waals surface area contributed by atoms with Crippen molar-refractivity contribution < 1.29 is 9.53 Å². The number of carbonyl (C=O) groups is 1. The molecule has 1 aromatic rings. The second kappa shape index (κ2) is 5.41. The van der Waals surface area contributed by atoms with Crippen molar-refractivity contribution in [1.82, 2.24) is 10.3 Å². The van der Waals surface area contributed by atoms with Crippen LogP contribution in [0.2, 0.25) is 0 Å². The van der Waals surface area contributed by atoms with Gasteiger partial charge in [0.15, 0.2) is 0 Å². The van der Waals surface area contributed by atoms with E-state index in [9.17, 15) is 4.79 Å². The Morgan fingerprint density at radius 1 is 1.44 bits per heavy atom. The largest absolute Gasteiger partial charge is 0.468 e. The zero-order valence-corrected chi connectivity index (χ0v) is 11.1. The van der Waals surface area contributed by atoms with Gasteiger partial charge in [0.25, 0.3) is 0 Å². The molecule has 0 bridgehead atoms. The molecular weight excluding hydrogens is 224 g/mol. The number of hydrogen-bond donors (Lipinski definition) is 1. The van der Waals surface area contributed by atoms with Crippen LogP contribution in [0, 0.1) is 13.8 Å². The summed E-state index contributed by atoms with van der Waals surface area (Å²) in [5.74, 6) is -0.253. The van der Waals surface area contributed by atoms with Crippen LogP contribution in [0.4, 0.5) is 0 Å².